The average molecular weight is 319 g/mol. The van der Waals surface area contributed by atoms with Gasteiger partial charge in [0.2, 0.25) is 0 Å². The number of rotatable bonds is 6. The van der Waals surface area contributed by atoms with Crippen molar-refractivity contribution >= 4 is 10.2 Å². The number of likely N-dealkylation sites (tertiary alicyclic amines) is 1. The van der Waals surface area contributed by atoms with Crippen molar-refractivity contribution in [3.63, 3.8) is 0 Å². The van der Waals surface area contributed by atoms with Crippen LogP contribution in [-0.4, -0.2) is 67.6 Å². The Kier molecular flexibility index (Phi) is 6.43. The molecule has 2 aliphatic heterocycles. The van der Waals surface area contributed by atoms with Crippen LogP contribution in [0, 0.1) is 0 Å². The summed E-state index contributed by atoms with van der Waals surface area (Å²) in [4.78, 5) is 2.33. The van der Waals surface area contributed by atoms with E-state index in [9.17, 15) is 13.5 Å². The van der Waals surface area contributed by atoms with Gasteiger partial charge >= 0.3 is 0 Å². The first kappa shape index (κ1) is 17.1. The van der Waals surface area contributed by atoms with Gasteiger partial charge in [0.25, 0.3) is 10.2 Å². The quantitative estimate of drug-likeness (QED) is 0.749. The minimum Gasteiger partial charge on any atom is -0.395 e. The summed E-state index contributed by atoms with van der Waals surface area (Å²) in [7, 11) is -3.50. The Morgan fingerprint density at radius 2 is 1.81 bits per heavy atom. The standard InChI is InChI=1S/C14H29N3O3S/c1-13(11-16-8-4-2-5-9-16)15-21(19,20)17-10-6-3-7-14(17)12-18/h13-15,18H,2-12H2,1H3. The lowest BCUT2D eigenvalue weighted by atomic mass is 10.1. The Morgan fingerprint density at radius 1 is 1.14 bits per heavy atom. The van der Waals surface area contributed by atoms with E-state index >= 15 is 0 Å². The monoisotopic (exact) mass is 319 g/mol. The Labute approximate surface area is 128 Å². The molecular formula is C14H29N3O3S. The Balaban J connectivity index is 1.89. The highest BCUT2D eigenvalue weighted by molar-refractivity contribution is 7.87. The van der Waals surface area contributed by atoms with Crippen molar-refractivity contribution in [2.75, 3.05) is 32.8 Å². The van der Waals surface area contributed by atoms with Crippen molar-refractivity contribution in [3.05, 3.63) is 0 Å². The number of hydrogen-bond acceptors (Lipinski definition) is 4. The van der Waals surface area contributed by atoms with Crippen molar-refractivity contribution in [2.24, 2.45) is 0 Å². The molecule has 2 heterocycles. The molecule has 2 saturated heterocycles. The first-order chi connectivity index (χ1) is 10.0. The summed E-state index contributed by atoms with van der Waals surface area (Å²) in [6.45, 7) is 5.23. The van der Waals surface area contributed by atoms with Crippen molar-refractivity contribution in [3.8, 4) is 0 Å². The molecule has 2 N–H and O–H groups in total. The summed E-state index contributed by atoms with van der Waals surface area (Å²) in [5.41, 5.74) is 0. The zero-order valence-electron chi connectivity index (χ0n) is 13.0. The molecule has 0 amide bonds. The van der Waals surface area contributed by atoms with E-state index in [0.717, 1.165) is 38.9 Å². The van der Waals surface area contributed by atoms with Crippen LogP contribution in [0.5, 0.6) is 0 Å². The molecule has 2 fully saturated rings. The lowest BCUT2D eigenvalue weighted by Crippen LogP contribution is -2.54. The van der Waals surface area contributed by atoms with Gasteiger partial charge in [-0.1, -0.05) is 12.8 Å². The van der Waals surface area contributed by atoms with Crippen molar-refractivity contribution < 1.29 is 13.5 Å². The second kappa shape index (κ2) is 7.87. The van der Waals surface area contributed by atoms with E-state index in [1.165, 1.54) is 23.6 Å². The molecule has 6 nitrogen and oxygen atoms in total. The van der Waals surface area contributed by atoms with Crippen LogP contribution in [0.2, 0.25) is 0 Å². The van der Waals surface area contributed by atoms with Crippen LogP contribution in [0.4, 0.5) is 0 Å². The predicted molar refractivity (Wildman–Crippen MR) is 83.2 cm³/mol. The fraction of sp³-hybridized carbons (Fsp3) is 1.00. The molecule has 2 aliphatic rings. The third-order valence-corrected chi connectivity index (χ3v) is 6.22. The van der Waals surface area contributed by atoms with E-state index in [2.05, 4.69) is 9.62 Å². The minimum atomic E-state index is -3.50. The number of nitrogens with zero attached hydrogens (tertiary/aromatic N) is 2. The molecule has 0 bridgehead atoms. The van der Waals surface area contributed by atoms with Crippen LogP contribution in [0.15, 0.2) is 0 Å². The second-order valence-corrected chi connectivity index (χ2v) is 7.98. The topological polar surface area (TPSA) is 72.9 Å². The van der Waals surface area contributed by atoms with Crippen LogP contribution in [0.3, 0.4) is 0 Å². The second-order valence-electron chi connectivity index (χ2n) is 6.33. The molecule has 0 aromatic heterocycles. The Hall–Kier alpha value is -0.210. The van der Waals surface area contributed by atoms with Gasteiger partial charge < -0.3 is 10.0 Å². The molecule has 7 heteroatoms. The fourth-order valence-corrected chi connectivity index (χ4v) is 5.01. The van der Waals surface area contributed by atoms with Crippen LogP contribution < -0.4 is 4.72 Å². The predicted octanol–water partition coefficient (Wildman–Crippen LogP) is 0.542. The first-order valence-electron chi connectivity index (χ1n) is 8.15. The van der Waals surface area contributed by atoms with Gasteiger partial charge in [0.05, 0.1) is 6.61 Å². The maximum absolute atomic E-state index is 12.5. The molecule has 0 aromatic carbocycles. The van der Waals surface area contributed by atoms with Crippen LogP contribution in [-0.2, 0) is 10.2 Å². The van der Waals surface area contributed by atoms with Crippen LogP contribution in [0.25, 0.3) is 0 Å². The van der Waals surface area contributed by atoms with Gasteiger partial charge in [-0.15, -0.1) is 0 Å². The number of nitrogens with one attached hydrogen (secondary N) is 1. The third kappa shape index (κ3) is 4.89. The molecule has 21 heavy (non-hydrogen) atoms. The molecule has 0 spiro atoms. The van der Waals surface area contributed by atoms with Gasteiger partial charge in [0.15, 0.2) is 0 Å². The third-order valence-electron chi connectivity index (χ3n) is 4.42. The summed E-state index contributed by atoms with van der Waals surface area (Å²) in [5, 5.41) is 9.38. The van der Waals surface area contributed by atoms with Crippen LogP contribution in [0.1, 0.15) is 45.4 Å². The number of aliphatic hydroxyl groups excluding tert-OH is 1. The number of aliphatic hydroxyl groups is 1. The summed E-state index contributed by atoms with van der Waals surface area (Å²) in [6.07, 6.45) is 6.30. The molecule has 2 rings (SSSR count). The molecule has 124 valence electrons. The zero-order valence-corrected chi connectivity index (χ0v) is 13.8. The molecule has 0 saturated carbocycles. The highest BCUT2D eigenvalue weighted by Gasteiger charge is 2.32. The average Bonchev–Trinajstić information content (AvgIpc) is 2.47. The summed E-state index contributed by atoms with van der Waals surface area (Å²) >= 11 is 0. The lowest BCUT2D eigenvalue weighted by molar-refractivity contribution is 0.152. The molecule has 2 atom stereocenters. The van der Waals surface area contributed by atoms with E-state index in [-0.39, 0.29) is 18.7 Å². The summed E-state index contributed by atoms with van der Waals surface area (Å²) in [5.74, 6) is 0. The maximum Gasteiger partial charge on any atom is 0.280 e. The normalized spacial score (nSPS) is 27.6. The van der Waals surface area contributed by atoms with E-state index in [0.29, 0.717) is 6.54 Å². The summed E-state index contributed by atoms with van der Waals surface area (Å²) in [6, 6.07) is -0.368. The SMILES string of the molecule is CC(CN1CCCCC1)NS(=O)(=O)N1CCCCC1CO. The van der Waals surface area contributed by atoms with E-state index in [1.54, 1.807) is 0 Å². The maximum atomic E-state index is 12.5. The van der Waals surface area contributed by atoms with E-state index < -0.39 is 10.2 Å². The molecular weight excluding hydrogens is 290 g/mol. The molecule has 0 aromatic rings. The van der Waals surface area contributed by atoms with Gasteiger partial charge in [-0.05, 0) is 45.7 Å². The molecule has 2 unspecified atom stereocenters. The van der Waals surface area contributed by atoms with Gasteiger partial charge in [-0.25, -0.2) is 0 Å². The van der Waals surface area contributed by atoms with Gasteiger partial charge in [-0.3, -0.25) is 0 Å². The van der Waals surface area contributed by atoms with Crippen LogP contribution >= 0.6 is 0 Å². The Morgan fingerprint density at radius 3 is 2.48 bits per heavy atom. The minimum absolute atomic E-state index is 0.0958. The number of hydrogen-bond donors (Lipinski definition) is 2. The highest BCUT2D eigenvalue weighted by Crippen LogP contribution is 2.19. The highest BCUT2D eigenvalue weighted by atomic mass is 32.2. The van der Waals surface area contributed by atoms with Crippen molar-refractivity contribution in [1.29, 1.82) is 0 Å². The largest absolute Gasteiger partial charge is 0.395 e. The lowest BCUT2D eigenvalue weighted by Gasteiger charge is -2.35. The fourth-order valence-electron chi connectivity index (χ4n) is 3.36. The summed E-state index contributed by atoms with van der Waals surface area (Å²) < 4.78 is 29.2. The van der Waals surface area contributed by atoms with Gasteiger partial charge in [-0.2, -0.15) is 17.4 Å². The smallest absolute Gasteiger partial charge is 0.280 e. The number of piperidine rings is 2. The van der Waals surface area contributed by atoms with E-state index in [4.69, 9.17) is 0 Å². The molecule has 0 radical (unpaired) electrons. The van der Waals surface area contributed by atoms with Crippen molar-refractivity contribution in [2.45, 2.75) is 57.5 Å². The van der Waals surface area contributed by atoms with Gasteiger partial charge in [0.1, 0.15) is 0 Å². The van der Waals surface area contributed by atoms with Crippen molar-refractivity contribution in [1.82, 2.24) is 13.9 Å². The zero-order chi connectivity index (χ0) is 15.3. The first-order valence-corrected chi connectivity index (χ1v) is 9.59. The van der Waals surface area contributed by atoms with Gasteiger partial charge in [0, 0.05) is 25.2 Å². The molecule has 0 aliphatic carbocycles. The van der Waals surface area contributed by atoms with E-state index in [1.807, 2.05) is 6.92 Å². The Bertz CT molecular complexity index is 410.